The van der Waals surface area contributed by atoms with Gasteiger partial charge in [-0.25, -0.2) is 0 Å². The number of aliphatic hydroxyl groups excluding tert-OH is 6. The lowest BCUT2D eigenvalue weighted by Crippen LogP contribution is -2.59. The van der Waals surface area contributed by atoms with Gasteiger partial charge in [0.1, 0.15) is 30.5 Å². The van der Waals surface area contributed by atoms with E-state index in [4.69, 9.17) is 9.47 Å². The zero-order valence-corrected chi connectivity index (χ0v) is 16.4. The summed E-state index contributed by atoms with van der Waals surface area (Å²) in [4.78, 5) is 0. The molecule has 1 aliphatic heterocycles. The van der Waals surface area contributed by atoms with Crippen molar-refractivity contribution < 1.29 is 40.1 Å². The van der Waals surface area contributed by atoms with Crippen LogP contribution in [0.5, 0.6) is 0 Å². The van der Waals surface area contributed by atoms with Crippen molar-refractivity contribution >= 4 is 0 Å². The van der Waals surface area contributed by atoms with E-state index < -0.39 is 49.5 Å². The van der Waals surface area contributed by atoms with Crippen molar-refractivity contribution in [1.29, 1.82) is 0 Å². The van der Waals surface area contributed by atoms with E-state index in [2.05, 4.69) is 0 Å². The van der Waals surface area contributed by atoms with Crippen molar-refractivity contribution in [1.82, 2.24) is 0 Å². The molecule has 0 unspecified atom stereocenters. The molecule has 6 N–H and O–H groups in total. The maximum absolute atomic E-state index is 10.2. The largest absolute Gasteiger partial charge is 0.394 e. The number of hydrogen-bond donors (Lipinski definition) is 6. The first kappa shape index (κ1) is 22.7. The molecule has 8 heteroatoms. The van der Waals surface area contributed by atoms with Crippen LogP contribution in [0.15, 0.2) is 11.1 Å². The third kappa shape index (κ3) is 4.89. The number of hydrogen-bond acceptors (Lipinski definition) is 8. The highest BCUT2D eigenvalue weighted by atomic mass is 16.7. The summed E-state index contributed by atoms with van der Waals surface area (Å²) in [5, 5.41) is 59.1. The lowest BCUT2D eigenvalue weighted by Gasteiger charge is -2.41. The number of ether oxygens (including phenoxy) is 2. The number of aliphatic hydroxyl groups is 6. The highest BCUT2D eigenvalue weighted by Gasteiger charge is 2.44. The van der Waals surface area contributed by atoms with Crippen LogP contribution in [0, 0.1) is 5.41 Å². The van der Waals surface area contributed by atoms with Crippen molar-refractivity contribution in [3.05, 3.63) is 11.1 Å². The van der Waals surface area contributed by atoms with Crippen LogP contribution in [-0.2, 0) is 9.47 Å². The second-order valence-electron chi connectivity index (χ2n) is 8.44. The summed E-state index contributed by atoms with van der Waals surface area (Å²) in [6.45, 7) is 7.19. The van der Waals surface area contributed by atoms with Gasteiger partial charge < -0.3 is 40.1 Å². The van der Waals surface area contributed by atoms with Crippen LogP contribution in [0.3, 0.4) is 0 Å². The first-order valence-corrected chi connectivity index (χ1v) is 9.51. The van der Waals surface area contributed by atoms with Crippen LogP contribution in [0.4, 0.5) is 0 Å². The van der Waals surface area contributed by atoms with Gasteiger partial charge in [-0.05, 0) is 44.1 Å². The monoisotopic (exact) mass is 390 g/mol. The average Bonchev–Trinajstić information content (AvgIpc) is 2.59. The SMILES string of the molecule is CC1=C(CC[C@@H](C)O[C@@H]2O[C@H](CO)[C@@H](O)[C@H](O)[C@H]2O)C(C)(C)C[C@H](O)[C@@H]1O. The normalized spacial score (nSPS) is 40.9. The molecular formula is C19H34O8. The first-order chi connectivity index (χ1) is 12.5. The molecule has 0 radical (unpaired) electrons. The second-order valence-corrected chi connectivity index (χ2v) is 8.44. The fourth-order valence-electron chi connectivity index (χ4n) is 4.12. The second kappa shape index (κ2) is 8.84. The molecule has 1 saturated heterocycles. The van der Waals surface area contributed by atoms with Crippen LogP contribution in [0.1, 0.15) is 47.0 Å². The van der Waals surface area contributed by atoms with Crippen LogP contribution < -0.4 is 0 Å². The molecule has 8 atom stereocenters. The quantitative estimate of drug-likeness (QED) is 0.332. The average molecular weight is 390 g/mol. The molecular weight excluding hydrogens is 356 g/mol. The van der Waals surface area contributed by atoms with Crippen LogP contribution >= 0.6 is 0 Å². The van der Waals surface area contributed by atoms with Crippen LogP contribution in [0.25, 0.3) is 0 Å². The molecule has 158 valence electrons. The van der Waals surface area contributed by atoms with Gasteiger partial charge in [0.15, 0.2) is 6.29 Å². The predicted molar refractivity (Wildman–Crippen MR) is 96.7 cm³/mol. The Labute approximate surface area is 160 Å². The van der Waals surface area contributed by atoms with Gasteiger partial charge in [0.25, 0.3) is 0 Å². The summed E-state index contributed by atoms with van der Waals surface area (Å²) in [6, 6.07) is 0. The Morgan fingerprint density at radius 3 is 2.33 bits per heavy atom. The summed E-state index contributed by atoms with van der Waals surface area (Å²) in [5.41, 5.74) is 1.61. The van der Waals surface area contributed by atoms with E-state index in [1.807, 2.05) is 20.8 Å². The minimum Gasteiger partial charge on any atom is -0.394 e. The number of allylic oxidation sites excluding steroid dienone is 1. The van der Waals surface area contributed by atoms with Gasteiger partial charge in [0, 0.05) is 0 Å². The molecule has 2 rings (SSSR count). The van der Waals surface area contributed by atoms with Gasteiger partial charge in [-0.2, -0.15) is 0 Å². The molecule has 1 heterocycles. The van der Waals surface area contributed by atoms with Gasteiger partial charge >= 0.3 is 0 Å². The third-order valence-electron chi connectivity index (χ3n) is 5.84. The van der Waals surface area contributed by atoms with E-state index in [1.54, 1.807) is 6.92 Å². The highest BCUT2D eigenvalue weighted by molar-refractivity contribution is 5.27. The molecule has 0 bridgehead atoms. The molecule has 27 heavy (non-hydrogen) atoms. The third-order valence-corrected chi connectivity index (χ3v) is 5.84. The zero-order chi connectivity index (χ0) is 20.5. The summed E-state index contributed by atoms with van der Waals surface area (Å²) in [7, 11) is 0. The Morgan fingerprint density at radius 2 is 1.74 bits per heavy atom. The molecule has 0 aromatic rings. The molecule has 1 aliphatic carbocycles. The smallest absolute Gasteiger partial charge is 0.186 e. The predicted octanol–water partition coefficient (Wildman–Crippen LogP) is -0.560. The minimum atomic E-state index is -1.47. The Kier molecular flexibility index (Phi) is 7.43. The fourth-order valence-corrected chi connectivity index (χ4v) is 4.12. The molecule has 2 aliphatic rings. The molecule has 0 saturated carbocycles. The maximum atomic E-state index is 10.2. The van der Waals surface area contributed by atoms with E-state index in [0.29, 0.717) is 19.3 Å². The van der Waals surface area contributed by atoms with Crippen molar-refractivity contribution in [3.63, 3.8) is 0 Å². The van der Waals surface area contributed by atoms with Crippen molar-refractivity contribution in [2.45, 2.75) is 96.0 Å². The van der Waals surface area contributed by atoms with Crippen molar-refractivity contribution in [2.24, 2.45) is 5.41 Å². The maximum Gasteiger partial charge on any atom is 0.186 e. The summed E-state index contributed by atoms with van der Waals surface area (Å²) in [6.07, 6.45) is -6.74. The van der Waals surface area contributed by atoms with E-state index >= 15 is 0 Å². The highest BCUT2D eigenvalue weighted by Crippen LogP contribution is 2.43. The molecule has 8 nitrogen and oxygen atoms in total. The van der Waals surface area contributed by atoms with Gasteiger partial charge in [0.05, 0.1) is 18.8 Å². The first-order valence-electron chi connectivity index (χ1n) is 9.51. The summed E-state index contributed by atoms with van der Waals surface area (Å²) >= 11 is 0. The lowest BCUT2D eigenvalue weighted by molar-refractivity contribution is -0.310. The summed E-state index contributed by atoms with van der Waals surface area (Å²) < 4.78 is 11.1. The Bertz CT molecular complexity index is 532. The van der Waals surface area contributed by atoms with Gasteiger partial charge in [-0.3, -0.25) is 0 Å². The standard InChI is InChI=1S/C19H34O8/c1-9(26-18-17(25)16(24)15(23)13(8-20)27-18)5-6-11-10(2)14(22)12(21)7-19(11,3)4/h9,12-18,20-25H,5-8H2,1-4H3/t9-,12+,13-,14-,15-,16+,17-,18-/m1/s1. The summed E-state index contributed by atoms with van der Waals surface area (Å²) in [5.74, 6) is 0. The van der Waals surface area contributed by atoms with Crippen LogP contribution in [-0.4, -0.2) is 86.3 Å². The van der Waals surface area contributed by atoms with Crippen LogP contribution in [0.2, 0.25) is 0 Å². The fraction of sp³-hybridized carbons (Fsp3) is 0.895. The van der Waals surface area contributed by atoms with E-state index in [1.165, 1.54) is 0 Å². The van der Waals surface area contributed by atoms with Crippen molar-refractivity contribution in [2.75, 3.05) is 6.61 Å². The van der Waals surface area contributed by atoms with Gasteiger partial charge in [-0.15, -0.1) is 0 Å². The Morgan fingerprint density at radius 1 is 1.11 bits per heavy atom. The van der Waals surface area contributed by atoms with E-state index in [-0.39, 0.29) is 11.5 Å². The molecule has 0 aromatic carbocycles. The molecule has 1 fully saturated rings. The van der Waals surface area contributed by atoms with Gasteiger partial charge in [-0.1, -0.05) is 19.4 Å². The topological polar surface area (TPSA) is 140 Å². The van der Waals surface area contributed by atoms with E-state index in [9.17, 15) is 30.6 Å². The van der Waals surface area contributed by atoms with E-state index in [0.717, 1.165) is 11.1 Å². The Hall–Kier alpha value is -0.580. The van der Waals surface area contributed by atoms with Gasteiger partial charge in [0.2, 0.25) is 0 Å². The lowest BCUT2D eigenvalue weighted by atomic mass is 9.69. The number of rotatable bonds is 6. The molecule has 0 aromatic heterocycles. The molecule has 0 amide bonds. The minimum absolute atomic E-state index is 0.244. The zero-order valence-electron chi connectivity index (χ0n) is 16.4. The Balaban J connectivity index is 1.98. The van der Waals surface area contributed by atoms with Crippen molar-refractivity contribution in [3.8, 4) is 0 Å². The molecule has 0 spiro atoms.